The Hall–Kier alpha value is -1.81. The number of rotatable bonds is 2. The highest BCUT2D eigenvalue weighted by atomic mass is 35.5. The SMILES string of the molecule is Cc1cc(Oc2cnc(N)cn2)ccc1Cl. The van der Waals surface area contributed by atoms with Crippen molar-refractivity contribution in [2.75, 3.05) is 5.73 Å². The maximum Gasteiger partial charge on any atom is 0.237 e. The molecule has 1 aromatic heterocycles. The molecule has 1 aromatic carbocycles. The summed E-state index contributed by atoms with van der Waals surface area (Å²) in [5.41, 5.74) is 6.36. The van der Waals surface area contributed by atoms with Gasteiger partial charge in [-0.15, -0.1) is 0 Å². The molecule has 0 fully saturated rings. The van der Waals surface area contributed by atoms with Crippen LogP contribution in [0, 0.1) is 6.92 Å². The fourth-order valence-electron chi connectivity index (χ4n) is 1.18. The number of hydrogen-bond acceptors (Lipinski definition) is 4. The quantitative estimate of drug-likeness (QED) is 0.870. The molecule has 16 heavy (non-hydrogen) atoms. The van der Waals surface area contributed by atoms with Gasteiger partial charge in [-0.05, 0) is 30.7 Å². The van der Waals surface area contributed by atoms with E-state index in [4.69, 9.17) is 22.1 Å². The van der Waals surface area contributed by atoms with Crippen molar-refractivity contribution in [3.05, 3.63) is 41.2 Å². The number of ether oxygens (including phenoxy) is 1. The third-order valence-corrected chi connectivity index (χ3v) is 2.42. The predicted molar refractivity (Wildman–Crippen MR) is 62.7 cm³/mol. The highest BCUT2D eigenvalue weighted by Gasteiger charge is 2.01. The van der Waals surface area contributed by atoms with Gasteiger partial charge in [0.2, 0.25) is 5.88 Å². The zero-order chi connectivity index (χ0) is 11.5. The molecule has 0 amide bonds. The Kier molecular flexibility index (Phi) is 2.92. The van der Waals surface area contributed by atoms with Crippen molar-refractivity contribution in [1.82, 2.24) is 9.97 Å². The topological polar surface area (TPSA) is 61.0 Å². The highest BCUT2D eigenvalue weighted by Crippen LogP contribution is 2.24. The normalized spacial score (nSPS) is 10.1. The van der Waals surface area contributed by atoms with Gasteiger partial charge in [-0.2, -0.15) is 0 Å². The second-order valence-electron chi connectivity index (χ2n) is 3.29. The molecule has 0 aliphatic heterocycles. The molecule has 0 aliphatic rings. The maximum absolute atomic E-state index is 5.90. The average molecular weight is 236 g/mol. The van der Waals surface area contributed by atoms with Crippen molar-refractivity contribution in [3.63, 3.8) is 0 Å². The number of halogens is 1. The minimum absolute atomic E-state index is 0.361. The summed E-state index contributed by atoms with van der Waals surface area (Å²) in [6, 6.07) is 5.38. The van der Waals surface area contributed by atoms with Crippen LogP contribution in [0.5, 0.6) is 11.6 Å². The van der Waals surface area contributed by atoms with Gasteiger partial charge in [0.05, 0.1) is 12.4 Å². The van der Waals surface area contributed by atoms with Gasteiger partial charge in [-0.25, -0.2) is 9.97 Å². The molecule has 0 spiro atoms. The van der Waals surface area contributed by atoms with Crippen LogP contribution in [-0.4, -0.2) is 9.97 Å². The zero-order valence-electron chi connectivity index (χ0n) is 8.64. The molecule has 2 rings (SSSR count). The minimum atomic E-state index is 0.361. The molecule has 0 saturated carbocycles. The Morgan fingerprint density at radius 3 is 2.69 bits per heavy atom. The van der Waals surface area contributed by atoms with Gasteiger partial charge in [0.1, 0.15) is 11.6 Å². The van der Waals surface area contributed by atoms with E-state index < -0.39 is 0 Å². The summed E-state index contributed by atoms with van der Waals surface area (Å²) in [7, 11) is 0. The summed E-state index contributed by atoms with van der Waals surface area (Å²) >= 11 is 5.90. The van der Waals surface area contributed by atoms with E-state index in [2.05, 4.69) is 9.97 Å². The summed E-state index contributed by atoms with van der Waals surface area (Å²) < 4.78 is 5.48. The number of nitrogens with two attached hydrogens (primary N) is 1. The van der Waals surface area contributed by atoms with Crippen LogP contribution in [0.15, 0.2) is 30.6 Å². The molecule has 0 unspecified atom stereocenters. The molecular weight excluding hydrogens is 226 g/mol. The fraction of sp³-hybridized carbons (Fsp3) is 0.0909. The number of benzene rings is 1. The summed E-state index contributed by atoms with van der Waals surface area (Å²) in [4.78, 5) is 7.86. The lowest BCUT2D eigenvalue weighted by Gasteiger charge is -2.05. The molecular formula is C11H10ClN3O. The van der Waals surface area contributed by atoms with Crippen LogP contribution in [0.1, 0.15) is 5.56 Å². The van der Waals surface area contributed by atoms with Gasteiger partial charge in [-0.3, -0.25) is 0 Å². The highest BCUT2D eigenvalue weighted by molar-refractivity contribution is 6.31. The van der Waals surface area contributed by atoms with Crippen LogP contribution in [0.25, 0.3) is 0 Å². The van der Waals surface area contributed by atoms with Crippen LogP contribution in [-0.2, 0) is 0 Å². The Labute approximate surface area is 98.0 Å². The average Bonchev–Trinajstić information content (AvgIpc) is 2.27. The standard InChI is InChI=1S/C11H10ClN3O/c1-7-4-8(2-3-9(7)12)16-11-6-14-10(13)5-15-11/h2-6H,1H3,(H2,13,14). The van der Waals surface area contributed by atoms with E-state index in [9.17, 15) is 0 Å². The Morgan fingerprint density at radius 1 is 1.25 bits per heavy atom. The van der Waals surface area contributed by atoms with E-state index in [0.717, 1.165) is 5.56 Å². The molecule has 0 saturated heterocycles. The first-order valence-corrected chi connectivity index (χ1v) is 5.04. The number of nitrogens with zero attached hydrogens (tertiary/aromatic N) is 2. The monoisotopic (exact) mass is 235 g/mol. The van der Waals surface area contributed by atoms with Crippen molar-refractivity contribution in [2.45, 2.75) is 6.92 Å². The fourth-order valence-corrected chi connectivity index (χ4v) is 1.30. The molecule has 2 aromatic rings. The third kappa shape index (κ3) is 2.41. The summed E-state index contributed by atoms with van der Waals surface area (Å²) in [5, 5.41) is 0.704. The second kappa shape index (κ2) is 4.37. The third-order valence-electron chi connectivity index (χ3n) is 2.00. The maximum atomic E-state index is 5.90. The number of nitrogen functional groups attached to an aromatic ring is 1. The minimum Gasteiger partial charge on any atom is -0.437 e. The van der Waals surface area contributed by atoms with E-state index in [1.807, 2.05) is 13.0 Å². The lowest BCUT2D eigenvalue weighted by Crippen LogP contribution is -1.93. The van der Waals surface area contributed by atoms with Gasteiger partial charge < -0.3 is 10.5 Å². The van der Waals surface area contributed by atoms with E-state index in [1.54, 1.807) is 12.1 Å². The Balaban J connectivity index is 2.20. The van der Waals surface area contributed by atoms with Crippen LogP contribution >= 0.6 is 11.6 Å². The molecule has 0 radical (unpaired) electrons. The molecule has 0 aliphatic carbocycles. The predicted octanol–water partition coefficient (Wildman–Crippen LogP) is 2.81. The summed E-state index contributed by atoms with van der Waals surface area (Å²) in [5.74, 6) is 1.43. The van der Waals surface area contributed by atoms with E-state index in [0.29, 0.717) is 22.5 Å². The Bertz CT molecular complexity index is 499. The molecule has 0 atom stereocenters. The van der Waals surface area contributed by atoms with E-state index in [1.165, 1.54) is 12.4 Å². The molecule has 1 heterocycles. The van der Waals surface area contributed by atoms with Gasteiger partial charge in [0.25, 0.3) is 0 Å². The first-order valence-electron chi connectivity index (χ1n) is 4.66. The number of anilines is 1. The number of aryl methyl sites for hydroxylation is 1. The van der Waals surface area contributed by atoms with Crippen molar-refractivity contribution in [3.8, 4) is 11.6 Å². The van der Waals surface area contributed by atoms with Crippen molar-refractivity contribution >= 4 is 17.4 Å². The smallest absolute Gasteiger partial charge is 0.237 e. The number of hydrogen-bond donors (Lipinski definition) is 1. The van der Waals surface area contributed by atoms with Crippen molar-refractivity contribution in [1.29, 1.82) is 0 Å². The molecule has 82 valence electrons. The van der Waals surface area contributed by atoms with Crippen molar-refractivity contribution < 1.29 is 4.74 Å². The molecule has 0 bridgehead atoms. The van der Waals surface area contributed by atoms with Gasteiger partial charge in [0.15, 0.2) is 0 Å². The summed E-state index contributed by atoms with van der Waals surface area (Å²) in [6.45, 7) is 1.91. The van der Waals surface area contributed by atoms with Gasteiger partial charge >= 0.3 is 0 Å². The van der Waals surface area contributed by atoms with Gasteiger partial charge in [-0.1, -0.05) is 11.6 Å². The van der Waals surface area contributed by atoms with E-state index in [-0.39, 0.29) is 0 Å². The van der Waals surface area contributed by atoms with Crippen LogP contribution in [0.4, 0.5) is 5.82 Å². The molecule has 5 heteroatoms. The van der Waals surface area contributed by atoms with Crippen molar-refractivity contribution in [2.24, 2.45) is 0 Å². The second-order valence-corrected chi connectivity index (χ2v) is 3.70. The summed E-state index contributed by atoms with van der Waals surface area (Å²) in [6.07, 6.45) is 2.91. The zero-order valence-corrected chi connectivity index (χ0v) is 9.40. The molecule has 4 nitrogen and oxygen atoms in total. The van der Waals surface area contributed by atoms with Gasteiger partial charge in [0, 0.05) is 5.02 Å². The molecule has 2 N–H and O–H groups in total. The van der Waals surface area contributed by atoms with E-state index >= 15 is 0 Å². The lowest BCUT2D eigenvalue weighted by molar-refractivity contribution is 0.460. The first-order chi connectivity index (χ1) is 7.65. The van der Waals surface area contributed by atoms with Crippen LogP contribution in [0.2, 0.25) is 5.02 Å². The first kappa shape index (κ1) is 10.7. The largest absolute Gasteiger partial charge is 0.437 e. The van der Waals surface area contributed by atoms with Crippen LogP contribution in [0.3, 0.4) is 0 Å². The lowest BCUT2D eigenvalue weighted by atomic mass is 10.2. The Morgan fingerprint density at radius 2 is 2.06 bits per heavy atom. The van der Waals surface area contributed by atoms with Crippen LogP contribution < -0.4 is 10.5 Å². The number of aromatic nitrogens is 2.